The third-order valence-corrected chi connectivity index (χ3v) is 3.62. The molecule has 1 aliphatic rings. The van der Waals surface area contributed by atoms with Gasteiger partial charge < -0.3 is 4.74 Å². The fourth-order valence-corrected chi connectivity index (χ4v) is 2.56. The van der Waals surface area contributed by atoms with Gasteiger partial charge in [0.2, 0.25) is 0 Å². The Kier molecular flexibility index (Phi) is 5.36. The van der Waals surface area contributed by atoms with Crippen molar-refractivity contribution in [1.29, 1.82) is 0 Å². The minimum atomic E-state index is -0.503. The minimum Gasteiger partial charge on any atom is -0.460 e. The summed E-state index contributed by atoms with van der Waals surface area (Å²) in [6.07, 6.45) is 5.29. The quantitative estimate of drug-likeness (QED) is 0.569. The van der Waals surface area contributed by atoms with Gasteiger partial charge in [0.1, 0.15) is 17.8 Å². The summed E-state index contributed by atoms with van der Waals surface area (Å²) < 4.78 is 5.18. The van der Waals surface area contributed by atoms with Gasteiger partial charge in [-0.05, 0) is 52.4 Å². The predicted molar refractivity (Wildman–Crippen MR) is 71.2 cm³/mol. The van der Waals surface area contributed by atoms with Crippen molar-refractivity contribution in [3.63, 3.8) is 0 Å². The van der Waals surface area contributed by atoms with Crippen LogP contribution in [0.15, 0.2) is 0 Å². The first-order valence-corrected chi connectivity index (χ1v) is 7.06. The molecule has 0 aromatic rings. The summed E-state index contributed by atoms with van der Waals surface area (Å²) in [6.45, 7) is 7.67. The van der Waals surface area contributed by atoms with Crippen molar-refractivity contribution < 1.29 is 14.3 Å². The van der Waals surface area contributed by atoms with E-state index in [4.69, 9.17) is 4.74 Å². The Bertz CT molecular complexity index is 293. The molecule has 3 nitrogen and oxygen atoms in total. The summed E-state index contributed by atoms with van der Waals surface area (Å²) in [4.78, 5) is 23.6. The molecule has 1 fully saturated rings. The third kappa shape index (κ3) is 5.19. The number of rotatable bonds is 4. The van der Waals surface area contributed by atoms with E-state index >= 15 is 0 Å². The molecule has 0 amide bonds. The van der Waals surface area contributed by atoms with Gasteiger partial charge in [0.15, 0.2) is 0 Å². The zero-order valence-corrected chi connectivity index (χ0v) is 12.1. The number of esters is 1. The van der Waals surface area contributed by atoms with Crippen molar-refractivity contribution in [2.45, 2.75) is 71.8 Å². The smallest absolute Gasteiger partial charge is 0.313 e. The Labute approximate surface area is 110 Å². The molecule has 0 saturated heterocycles. The highest BCUT2D eigenvalue weighted by Crippen LogP contribution is 2.31. The highest BCUT2D eigenvalue weighted by Gasteiger charge is 2.28. The zero-order valence-electron chi connectivity index (χ0n) is 12.1. The van der Waals surface area contributed by atoms with Gasteiger partial charge >= 0.3 is 5.97 Å². The second kappa shape index (κ2) is 6.35. The molecule has 3 heteroatoms. The lowest BCUT2D eigenvalue weighted by molar-refractivity contribution is -0.156. The molecule has 0 aromatic heterocycles. The standard InChI is InChI=1S/C15H26O3/c1-5-11-6-8-12(9-7-11)13(16)10-14(17)18-15(2,3)4/h11-12H,5-10H2,1-4H3. The van der Waals surface area contributed by atoms with Gasteiger partial charge in [0.25, 0.3) is 0 Å². The summed E-state index contributed by atoms with van der Waals surface area (Å²) >= 11 is 0. The first-order valence-electron chi connectivity index (χ1n) is 7.06. The number of carbonyl (C=O) groups is 2. The maximum Gasteiger partial charge on any atom is 0.313 e. The fraction of sp³-hybridized carbons (Fsp3) is 0.867. The maximum atomic E-state index is 12.0. The number of ether oxygens (including phenoxy) is 1. The topological polar surface area (TPSA) is 43.4 Å². The van der Waals surface area contributed by atoms with Gasteiger partial charge in [-0.3, -0.25) is 9.59 Å². The third-order valence-electron chi connectivity index (χ3n) is 3.62. The summed E-state index contributed by atoms with van der Waals surface area (Å²) in [5, 5.41) is 0. The van der Waals surface area contributed by atoms with E-state index in [1.165, 1.54) is 6.42 Å². The van der Waals surface area contributed by atoms with E-state index in [1.54, 1.807) is 0 Å². The molecule has 1 rings (SSSR count). The van der Waals surface area contributed by atoms with E-state index in [2.05, 4.69) is 6.92 Å². The number of Topliss-reactive ketones (excluding diaryl/α,β-unsaturated/α-hetero) is 1. The van der Waals surface area contributed by atoms with E-state index in [1.807, 2.05) is 20.8 Å². The van der Waals surface area contributed by atoms with Crippen molar-refractivity contribution in [2.75, 3.05) is 0 Å². The molecule has 1 saturated carbocycles. The fourth-order valence-electron chi connectivity index (χ4n) is 2.56. The second-order valence-electron chi connectivity index (χ2n) is 6.36. The number of carbonyl (C=O) groups excluding carboxylic acids is 2. The average Bonchev–Trinajstić information content (AvgIpc) is 2.26. The lowest BCUT2D eigenvalue weighted by atomic mass is 9.78. The van der Waals surface area contributed by atoms with Crippen LogP contribution < -0.4 is 0 Å². The van der Waals surface area contributed by atoms with Crippen molar-refractivity contribution in [3.8, 4) is 0 Å². The van der Waals surface area contributed by atoms with Gasteiger partial charge in [0, 0.05) is 5.92 Å². The van der Waals surface area contributed by atoms with Crippen LogP contribution in [0.1, 0.15) is 66.2 Å². The van der Waals surface area contributed by atoms with Crippen LogP contribution in [0.3, 0.4) is 0 Å². The number of hydrogen-bond donors (Lipinski definition) is 0. The molecule has 0 unspecified atom stereocenters. The molecule has 0 aromatic carbocycles. The molecule has 1 aliphatic carbocycles. The van der Waals surface area contributed by atoms with Crippen LogP contribution in [0.4, 0.5) is 0 Å². The van der Waals surface area contributed by atoms with Crippen molar-refractivity contribution in [2.24, 2.45) is 11.8 Å². The van der Waals surface area contributed by atoms with E-state index in [0.29, 0.717) is 0 Å². The molecule has 0 radical (unpaired) electrons. The van der Waals surface area contributed by atoms with Gasteiger partial charge in [-0.1, -0.05) is 13.3 Å². The van der Waals surface area contributed by atoms with Gasteiger partial charge in [0.05, 0.1) is 0 Å². The van der Waals surface area contributed by atoms with Crippen LogP contribution in [0.25, 0.3) is 0 Å². The second-order valence-corrected chi connectivity index (χ2v) is 6.36. The van der Waals surface area contributed by atoms with Crippen molar-refractivity contribution >= 4 is 11.8 Å². The summed E-state index contributed by atoms with van der Waals surface area (Å²) in [5.41, 5.74) is -0.503. The lowest BCUT2D eigenvalue weighted by Gasteiger charge is -2.27. The molecule has 0 aliphatic heterocycles. The monoisotopic (exact) mass is 254 g/mol. The van der Waals surface area contributed by atoms with Crippen LogP contribution >= 0.6 is 0 Å². The molecular weight excluding hydrogens is 228 g/mol. The first kappa shape index (κ1) is 15.2. The molecule has 0 heterocycles. The molecule has 0 bridgehead atoms. The molecular formula is C15H26O3. The van der Waals surface area contributed by atoms with E-state index < -0.39 is 5.60 Å². The van der Waals surface area contributed by atoms with Crippen LogP contribution in [0.2, 0.25) is 0 Å². The summed E-state index contributed by atoms with van der Waals surface area (Å²) in [6, 6.07) is 0. The van der Waals surface area contributed by atoms with E-state index in [0.717, 1.165) is 31.6 Å². The molecule has 0 N–H and O–H groups in total. The highest BCUT2D eigenvalue weighted by molar-refractivity contribution is 5.96. The van der Waals surface area contributed by atoms with Gasteiger partial charge in [-0.15, -0.1) is 0 Å². The number of hydrogen-bond acceptors (Lipinski definition) is 3. The number of ketones is 1. The SMILES string of the molecule is CCC1CCC(C(=O)CC(=O)OC(C)(C)C)CC1. The van der Waals surface area contributed by atoms with Crippen molar-refractivity contribution in [3.05, 3.63) is 0 Å². The summed E-state index contributed by atoms with van der Waals surface area (Å²) in [7, 11) is 0. The average molecular weight is 254 g/mol. The molecule has 18 heavy (non-hydrogen) atoms. The first-order chi connectivity index (χ1) is 8.31. The van der Waals surface area contributed by atoms with Gasteiger partial charge in [-0.25, -0.2) is 0 Å². The molecule has 0 spiro atoms. The molecule has 0 atom stereocenters. The normalized spacial score (nSPS) is 24.7. The van der Waals surface area contributed by atoms with Crippen molar-refractivity contribution in [1.82, 2.24) is 0 Å². The zero-order chi connectivity index (χ0) is 13.8. The van der Waals surface area contributed by atoms with E-state index in [-0.39, 0.29) is 24.1 Å². The van der Waals surface area contributed by atoms with Crippen LogP contribution in [-0.2, 0) is 14.3 Å². The Balaban J connectivity index is 2.35. The Morgan fingerprint density at radius 3 is 2.11 bits per heavy atom. The summed E-state index contributed by atoms with van der Waals surface area (Å²) in [5.74, 6) is 0.541. The van der Waals surface area contributed by atoms with Crippen LogP contribution in [-0.4, -0.2) is 17.4 Å². The Morgan fingerprint density at radius 2 is 1.67 bits per heavy atom. The molecule has 104 valence electrons. The minimum absolute atomic E-state index is 0.0568. The van der Waals surface area contributed by atoms with Gasteiger partial charge in [-0.2, -0.15) is 0 Å². The van der Waals surface area contributed by atoms with Crippen LogP contribution in [0.5, 0.6) is 0 Å². The van der Waals surface area contributed by atoms with Crippen LogP contribution in [0, 0.1) is 11.8 Å². The highest BCUT2D eigenvalue weighted by atomic mass is 16.6. The maximum absolute atomic E-state index is 12.0. The van der Waals surface area contributed by atoms with E-state index in [9.17, 15) is 9.59 Å². The lowest BCUT2D eigenvalue weighted by Crippen LogP contribution is -2.28. The largest absolute Gasteiger partial charge is 0.460 e. The predicted octanol–water partition coefficient (Wildman–Crippen LogP) is 3.50. The Morgan fingerprint density at radius 1 is 1.11 bits per heavy atom. The Hall–Kier alpha value is -0.860.